The summed E-state index contributed by atoms with van der Waals surface area (Å²) in [5, 5.41) is 1.17. The first-order chi connectivity index (χ1) is 13.8. The van der Waals surface area contributed by atoms with Crippen molar-refractivity contribution in [3.8, 4) is 0 Å². The molecule has 1 heterocycles. The van der Waals surface area contributed by atoms with Crippen LogP contribution < -0.4 is 5.43 Å². The van der Waals surface area contributed by atoms with E-state index in [2.05, 4.69) is 12.3 Å². The van der Waals surface area contributed by atoms with E-state index in [4.69, 9.17) is 0 Å². The summed E-state index contributed by atoms with van der Waals surface area (Å²) >= 11 is 0. The summed E-state index contributed by atoms with van der Waals surface area (Å²) in [5.74, 6) is -0.461. The highest BCUT2D eigenvalue weighted by molar-refractivity contribution is 6.20. The van der Waals surface area contributed by atoms with Gasteiger partial charge in [0, 0.05) is 6.54 Å². The van der Waals surface area contributed by atoms with Gasteiger partial charge in [-0.1, -0.05) is 103 Å². The summed E-state index contributed by atoms with van der Waals surface area (Å²) in [6, 6.07) is 7.01. The van der Waals surface area contributed by atoms with Crippen LogP contribution in [-0.2, 0) is 0 Å². The highest BCUT2D eigenvalue weighted by atomic mass is 16.2. The number of unbranched alkanes of at least 4 members (excludes halogenated alkanes) is 13. The lowest BCUT2D eigenvalue weighted by Gasteiger charge is -2.14. The zero-order valence-electron chi connectivity index (χ0n) is 17.7. The Morgan fingerprint density at radius 3 is 1.46 bits per heavy atom. The lowest BCUT2D eigenvalue weighted by Crippen LogP contribution is -2.42. The number of nitrogens with one attached hydrogen (secondary N) is 1. The van der Waals surface area contributed by atoms with Gasteiger partial charge in [0.25, 0.3) is 11.8 Å². The van der Waals surface area contributed by atoms with Gasteiger partial charge in [0.1, 0.15) is 0 Å². The molecule has 1 aliphatic rings. The second kappa shape index (κ2) is 13.5. The average Bonchev–Trinajstić information content (AvgIpc) is 2.96. The van der Waals surface area contributed by atoms with Gasteiger partial charge in [-0.15, -0.1) is 0 Å². The minimum atomic E-state index is -0.231. The summed E-state index contributed by atoms with van der Waals surface area (Å²) in [5.41, 5.74) is 4.01. The fourth-order valence-electron chi connectivity index (χ4n) is 3.84. The number of nitrogens with zero attached hydrogens (tertiary/aromatic N) is 1. The van der Waals surface area contributed by atoms with E-state index in [0.29, 0.717) is 17.7 Å². The van der Waals surface area contributed by atoms with Gasteiger partial charge in [0.2, 0.25) is 0 Å². The van der Waals surface area contributed by atoms with Crippen LogP contribution in [0, 0.1) is 0 Å². The number of benzene rings is 1. The van der Waals surface area contributed by atoms with Crippen LogP contribution in [0.4, 0.5) is 0 Å². The van der Waals surface area contributed by atoms with Crippen molar-refractivity contribution in [2.45, 2.75) is 96.8 Å². The van der Waals surface area contributed by atoms with Crippen LogP contribution in [0.25, 0.3) is 0 Å². The molecule has 0 spiro atoms. The zero-order valence-corrected chi connectivity index (χ0v) is 17.7. The number of carbonyl (C=O) groups is 2. The molecule has 1 aromatic carbocycles. The Bertz CT molecular complexity index is 565. The van der Waals surface area contributed by atoms with Crippen LogP contribution in [0.3, 0.4) is 0 Å². The van der Waals surface area contributed by atoms with Crippen molar-refractivity contribution in [1.29, 1.82) is 0 Å². The standard InChI is InChI=1S/C24H38N2O2/c1-2-3-4-5-6-7-8-9-10-11-12-13-14-17-20-25-26-23(27)21-18-15-16-19-22(21)24(26)28/h15-16,18-19,25H,2-14,17,20H2,1H3. The molecule has 1 aliphatic heterocycles. The van der Waals surface area contributed by atoms with Gasteiger partial charge >= 0.3 is 0 Å². The quantitative estimate of drug-likeness (QED) is 0.269. The third-order valence-electron chi connectivity index (χ3n) is 5.59. The Labute approximate surface area is 171 Å². The number of imide groups is 1. The van der Waals surface area contributed by atoms with E-state index in [1.807, 2.05) is 0 Å². The zero-order chi connectivity index (χ0) is 20.0. The lowest BCUT2D eigenvalue weighted by molar-refractivity contribution is 0.0566. The molecule has 1 N–H and O–H groups in total. The molecule has 0 aliphatic carbocycles. The fraction of sp³-hybridized carbons (Fsp3) is 0.667. The molecule has 156 valence electrons. The summed E-state index contributed by atoms with van der Waals surface area (Å²) < 4.78 is 0. The molecule has 0 saturated heterocycles. The topological polar surface area (TPSA) is 49.4 Å². The second-order valence-electron chi connectivity index (χ2n) is 8.00. The van der Waals surface area contributed by atoms with Crippen LogP contribution in [0.15, 0.2) is 24.3 Å². The highest BCUT2D eigenvalue weighted by Crippen LogP contribution is 2.20. The Hall–Kier alpha value is -1.68. The second-order valence-corrected chi connectivity index (χ2v) is 8.00. The van der Waals surface area contributed by atoms with E-state index in [1.54, 1.807) is 24.3 Å². The smallest absolute Gasteiger partial charge is 0.267 e. The number of carbonyl (C=O) groups excluding carboxylic acids is 2. The van der Waals surface area contributed by atoms with Crippen LogP contribution in [0.2, 0.25) is 0 Å². The number of rotatable bonds is 16. The molecule has 2 amide bonds. The van der Waals surface area contributed by atoms with Crippen LogP contribution in [0.5, 0.6) is 0 Å². The van der Waals surface area contributed by atoms with E-state index < -0.39 is 0 Å². The molecule has 4 nitrogen and oxygen atoms in total. The Balaban J connectivity index is 1.40. The first kappa shape index (κ1) is 22.6. The maximum Gasteiger partial charge on any atom is 0.276 e. The van der Waals surface area contributed by atoms with Crippen LogP contribution in [0.1, 0.15) is 118 Å². The predicted molar refractivity (Wildman–Crippen MR) is 115 cm³/mol. The number of hydrazine groups is 1. The Morgan fingerprint density at radius 2 is 1.04 bits per heavy atom. The Morgan fingerprint density at radius 1 is 0.643 bits per heavy atom. The molecule has 0 unspecified atom stereocenters. The minimum absolute atomic E-state index is 0.231. The molecule has 4 heteroatoms. The van der Waals surface area contributed by atoms with Crippen molar-refractivity contribution in [2.24, 2.45) is 0 Å². The van der Waals surface area contributed by atoms with E-state index >= 15 is 0 Å². The molecular formula is C24H38N2O2. The predicted octanol–water partition coefficient (Wildman–Crippen LogP) is 6.27. The van der Waals surface area contributed by atoms with Crippen LogP contribution >= 0.6 is 0 Å². The number of fused-ring (bicyclic) bond motifs is 1. The van der Waals surface area contributed by atoms with Gasteiger partial charge in [-0.05, 0) is 18.6 Å². The van der Waals surface area contributed by atoms with E-state index in [1.165, 1.54) is 82.1 Å². The molecule has 0 bridgehead atoms. The molecule has 2 rings (SSSR count). The third kappa shape index (κ3) is 7.38. The third-order valence-corrected chi connectivity index (χ3v) is 5.59. The van der Waals surface area contributed by atoms with E-state index in [-0.39, 0.29) is 11.8 Å². The van der Waals surface area contributed by atoms with E-state index in [0.717, 1.165) is 12.8 Å². The Kier molecular flexibility index (Phi) is 10.9. The van der Waals surface area contributed by atoms with Crippen molar-refractivity contribution in [3.05, 3.63) is 35.4 Å². The summed E-state index contributed by atoms with van der Waals surface area (Å²) in [7, 11) is 0. The number of hydrogen-bond donors (Lipinski definition) is 1. The van der Waals surface area contributed by atoms with Crippen molar-refractivity contribution >= 4 is 11.8 Å². The van der Waals surface area contributed by atoms with Gasteiger partial charge in [-0.25, -0.2) is 10.4 Å². The molecule has 0 fully saturated rings. The lowest BCUT2D eigenvalue weighted by atomic mass is 10.0. The summed E-state index contributed by atoms with van der Waals surface area (Å²) in [4.78, 5) is 24.5. The van der Waals surface area contributed by atoms with Crippen LogP contribution in [-0.4, -0.2) is 23.4 Å². The fourth-order valence-corrected chi connectivity index (χ4v) is 3.84. The van der Waals surface area contributed by atoms with Gasteiger partial charge in [0.15, 0.2) is 0 Å². The number of hydrogen-bond acceptors (Lipinski definition) is 3. The maximum atomic E-state index is 12.2. The first-order valence-electron chi connectivity index (χ1n) is 11.5. The molecule has 1 aromatic rings. The van der Waals surface area contributed by atoms with Crippen molar-refractivity contribution in [3.63, 3.8) is 0 Å². The maximum absolute atomic E-state index is 12.2. The minimum Gasteiger partial charge on any atom is -0.267 e. The summed E-state index contributed by atoms with van der Waals surface area (Å²) in [6.45, 7) is 2.94. The van der Waals surface area contributed by atoms with Gasteiger partial charge in [-0.3, -0.25) is 9.59 Å². The SMILES string of the molecule is CCCCCCCCCCCCCCCCNN1C(=O)c2ccccc2C1=O. The summed E-state index contributed by atoms with van der Waals surface area (Å²) in [6.07, 6.45) is 18.5. The van der Waals surface area contributed by atoms with Gasteiger partial charge in [0.05, 0.1) is 11.1 Å². The monoisotopic (exact) mass is 386 g/mol. The molecule has 0 aromatic heterocycles. The molecule has 0 saturated carbocycles. The van der Waals surface area contributed by atoms with E-state index in [9.17, 15) is 9.59 Å². The molecule has 28 heavy (non-hydrogen) atoms. The highest BCUT2D eigenvalue weighted by Gasteiger charge is 2.34. The normalized spacial score (nSPS) is 13.4. The largest absolute Gasteiger partial charge is 0.276 e. The van der Waals surface area contributed by atoms with Gasteiger partial charge < -0.3 is 0 Å². The van der Waals surface area contributed by atoms with Gasteiger partial charge in [-0.2, -0.15) is 0 Å². The molecule has 0 atom stereocenters. The van der Waals surface area contributed by atoms with Crippen molar-refractivity contribution in [2.75, 3.05) is 6.54 Å². The van der Waals surface area contributed by atoms with Crippen molar-refractivity contribution in [1.82, 2.24) is 10.4 Å². The first-order valence-corrected chi connectivity index (χ1v) is 11.5. The number of amides is 2. The molecule has 0 radical (unpaired) electrons. The molecular weight excluding hydrogens is 348 g/mol. The average molecular weight is 387 g/mol. The van der Waals surface area contributed by atoms with Crippen molar-refractivity contribution < 1.29 is 9.59 Å².